The number of halogens is 1. The maximum atomic E-state index is 12.1. The normalized spacial score (nSPS) is 12.5. The number of amides is 1. The van der Waals surface area contributed by atoms with Crippen molar-refractivity contribution >= 4 is 23.6 Å². The van der Waals surface area contributed by atoms with Crippen molar-refractivity contribution in [3.8, 4) is 0 Å². The minimum Gasteiger partial charge on any atom is -0.346 e. The van der Waals surface area contributed by atoms with Crippen LogP contribution < -0.4 is 5.32 Å². The predicted octanol–water partition coefficient (Wildman–Crippen LogP) is 4.54. The van der Waals surface area contributed by atoms with Crippen LogP contribution in [0.15, 0.2) is 36.4 Å². The van der Waals surface area contributed by atoms with E-state index in [2.05, 4.69) is 17.3 Å². The number of hydrogen-bond donors (Lipinski definition) is 1. The Kier molecular flexibility index (Phi) is 6.62. The number of nitrogens with zero attached hydrogens (tertiary/aromatic N) is 2. The molecular formula is C19H24ClN3O. The van der Waals surface area contributed by atoms with Crippen LogP contribution in [0, 0.1) is 6.92 Å². The molecule has 5 heteroatoms. The van der Waals surface area contributed by atoms with Crippen LogP contribution in [0.4, 0.5) is 0 Å². The second-order valence-corrected chi connectivity index (χ2v) is 6.20. The molecular weight excluding hydrogens is 322 g/mol. The summed E-state index contributed by atoms with van der Waals surface area (Å²) in [4.78, 5) is 12.1. The van der Waals surface area contributed by atoms with E-state index in [1.54, 1.807) is 10.8 Å². The van der Waals surface area contributed by atoms with Gasteiger partial charge in [0.25, 0.3) is 0 Å². The Hall–Kier alpha value is -2.07. The number of nitrogens with one attached hydrogen (secondary N) is 1. The lowest BCUT2D eigenvalue weighted by atomic mass is 10.1. The monoisotopic (exact) mass is 345 g/mol. The topological polar surface area (TPSA) is 46.9 Å². The van der Waals surface area contributed by atoms with E-state index in [0.29, 0.717) is 5.15 Å². The molecule has 0 aliphatic carbocycles. The van der Waals surface area contributed by atoms with Gasteiger partial charge in [0, 0.05) is 18.2 Å². The molecule has 0 bridgehead atoms. The van der Waals surface area contributed by atoms with Gasteiger partial charge < -0.3 is 5.32 Å². The molecule has 0 spiro atoms. The van der Waals surface area contributed by atoms with E-state index in [-0.39, 0.29) is 11.9 Å². The van der Waals surface area contributed by atoms with Gasteiger partial charge in [0.15, 0.2) is 0 Å². The van der Waals surface area contributed by atoms with Crippen molar-refractivity contribution in [3.63, 3.8) is 0 Å². The number of hydrogen-bond acceptors (Lipinski definition) is 2. The molecule has 0 saturated heterocycles. The minimum absolute atomic E-state index is 0.0489. The Morgan fingerprint density at radius 2 is 2.08 bits per heavy atom. The zero-order valence-electron chi connectivity index (χ0n) is 14.4. The van der Waals surface area contributed by atoms with Gasteiger partial charge in [-0.25, -0.2) is 0 Å². The van der Waals surface area contributed by atoms with Crippen LogP contribution in [0.1, 0.15) is 49.6 Å². The molecule has 0 saturated carbocycles. The molecule has 1 unspecified atom stereocenters. The van der Waals surface area contributed by atoms with Crippen molar-refractivity contribution in [1.29, 1.82) is 0 Å². The third-order valence-electron chi connectivity index (χ3n) is 3.89. The van der Waals surface area contributed by atoms with E-state index in [1.165, 1.54) is 6.08 Å². The molecule has 1 aromatic heterocycles. The highest BCUT2D eigenvalue weighted by Gasteiger charge is 2.12. The van der Waals surface area contributed by atoms with Gasteiger partial charge in [-0.2, -0.15) is 5.10 Å². The molecule has 1 amide bonds. The highest BCUT2D eigenvalue weighted by Crippen LogP contribution is 2.22. The van der Waals surface area contributed by atoms with Crippen LogP contribution in [-0.2, 0) is 11.3 Å². The van der Waals surface area contributed by atoms with E-state index in [4.69, 9.17) is 11.6 Å². The summed E-state index contributed by atoms with van der Waals surface area (Å²) in [6.07, 6.45) is 5.36. The van der Waals surface area contributed by atoms with Gasteiger partial charge in [0.1, 0.15) is 5.15 Å². The number of aromatic nitrogens is 2. The van der Waals surface area contributed by atoms with Crippen molar-refractivity contribution < 1.29 is 4.79 Å². The minimum atomic E-state index is -0.150. The highest BCUT2D eigenvalue weighted by molar-refractivity contribution is 6.31. The summed E-state index contributed by atoms with van der Waals surface area (Å²) in [6.45, 7) is 6.78. The zero-order chi connectivity index (χ0) is 17.5. The van der Waals surface area contributed by atoms with Crippen LogP contribution >= 0.6 is 11.6 Å². The molecule has 0 aliphatic heterocycles. The van der Waals surface area contributed by atoms with E-state index in [0.717, 1.165) is 36.2 Å². The third kappa shape index (κ3) is 4.71. The second-order valence-electron chi connectivity index (χ2n) is 5.84. The fourth-order valence-corrected chi connectivity index (χ4v) is 2.78. The molecule has 0 radical (unpaired) electrons. The average Bonchev–Trinajstić information content (AvgIpc) is 2.85. The van der Waals surface area contributed by atoms with Gasteiger partial charge >= 0.3 is 0 Å². The maximum absolute atomic E-state index is 12.1. The number of benzene rings is 1. The molecule has 0 fully saturated rings. The molecule has 128 valence electrons. The molecule has 4 nitrogen and oxygen atoms in total. The van der Waals surface area contributed by atoms with Gasteiger partial charge in [0.05, 0.1) is 11.7 Å². The maximum Gasteiger partial charge on any atom is 0.244 e. The van der Waals surface area contributed by atoms with Crippen LogP contribution in [0.2, 0.25) is 5.15 Å². The van der Waals surface area contributed by atoms with Gasteiger partial charge in [-0.05, 0) is 31.9 Å². The number of rotatable bonds is 7. The number of carbonyl (C=O) groups excluding carboxylic acids is 1. The summed E-state index contributed by atoms with van der Waals surface area (Å²) in [5, 5.41) is 7.97. The van der Waals surface area contributed by atoms with Gasteiger partial charge in [0.2, 0.25) is 5.91 Å². The predicted molar refractivity (Wildman–Crippen MR) is 98.9 cm³/mol. The van der Waals surface area contributed by atoms with Gasteiger partial charge in [-0.1, -0.05) is 55.3 Å². The summed E-state index contributed by atoms with van der Waals surface area (Å²) in [5.41, 5.74) is 2.70. The molecule has 2 aromatic rings. The summed E-state index contributed by atoms with van der Waals surface area (Å²) < 4.78 is 1.80. The third-order valence-corrected chi connectivity index (χ3v) is 4.29. The standard InChI is InChI=1S/C19H24ClN3O/c1-4-5-13-23-19(20)17(15(3)22-23)11-12-18(24)21-14(2)16-9-7-6-8-10-16/h6-12,14H,4-5,13H2,1-3H3,(H,21,24)/b12-11+. The van der Waals surface area contributed by atoms with Crippen molar-refractivity contribution in [2.75, 3.05) is 0 Å². The summed E-state index contributed by atoms with van der Waals surface area (Å²) >= 11 is 6.37. The highest BCUT2D eigenvalue weighted by atomic mass is 35.5. The lowest BCUT2D eigenvalue weighted by Crippen LogP contribution is -2.24. The molecule has 1 N–H and O–H groups in total. The Labute approximate surface area is 148 Å². The zero-order valence-corrected chi connectivity index (χ0v) is 15.2. The van der Waals surface area contributed by atoms with Crippen molar-refractivity contribution in [3.05, 3.63) is 58.4 Å². The first-order valence-electron chi connectivity index (χ1n) is 8.29. The Bertz CT molecular complexity index is 707. The van der Waals surface area contributed by atoms with Crippen molar-refractivity contribution in [2.45, 2.75) is 46.2 Å². The fourth-order valence-electron chi connectivity index (χ4n) is 2.46. The van der Waals surface area contributed by atoms with Crippen LogP contribution in [0.5, 0.6) is 0 Å². The molecule has 0 aliphatic rings. The summed E-state index contributed by atoms with van der Waals surface area (Å²) in [5.74, 6) is -0.150. The summed E-state index contributed by atoms with van der Waals surface area (Å²) in [6, 6.07) is 9.82. The largest absolute Gasteiger partial charge is 0.346 e. The lowest BCUT2D eigenvalue weighted by molar-refractivity contribution is -0.117. The van der Waals surface area contributed by atoms with Crippen LogP contribution in [0.3, 0.4) is 0 Å². The van der Waals surface area contributed by atoms with Crippen LogP contribution in [-0.4, -0.2) is 15.7 Å². The summed E-state index contributed by atoms with van der Waals surface area (Å²) in [7, 11) is 0. The fraction of sp³-hybridized carbons (Fsp3) is 0.368. The molecule has 2 rings (SSSR count). The van der Waals surface area contributed by atoms with Gasteiger partial charge in [-0.3, -0.25) is 9.48 Å². The Balaban J connectivity index is 2.02. The van der Waals surface area contributed by atoms with E-state index >= 15 is 0 Å². The second kappa shape index (κ2) is 8.69. The SMILES string of the molecule is CCCCn1nc(C)c(/C=C/C(=O)NC(C)c2ccccc2)c1Cl. The molecule has 1 heterocycles. The van der Waals surface area contributed by atoms with E-state index in [1.807, 2.05) is 44.2 Å². The average molecular weight is 346 g/mol. The Morgan fingerprint density at radius 1 is 1.38 bits per heavy atom. The van der Waals surface area contributed by atoms with Crippen LogP contribution in [0.25, 0.3) is 6.08 Å². The Morgan fingerprint density at radius 3 is 2.75 bits per heavy atom. The number of unbranched alkanes of at least 4 members (excludes halogenated alkanes) is 1. The molecule has 1 aromatic carbocycles. The first kappa shape index (κ1) is 18.3. The first-order chi connectivity index (χ1) is 11.5. The lowest BCUT2D eigenvalue weighted by Gasteiger charge is -2.12. The van der Waals surface area contributed by atoms with E-state index < -0.39 is 0 Å². The number of aryl methyl sites for hydroxylation is 2. The smallest absolute Gasteiger partial charge is 0.244 e. The first-order valence-corrected chi connectivity index (χ1v) is 8.67. The number of carbonyl (C=O) groups is 1. The molecule has 24 heavy (non-hydrogen) atoms. The van der Waals surface area contributed by atoms with Crippen molar-refractivity contribution in [2.24, 2.45) is 0 Å². The van der Waals surface area contributed by atoms with Gasteiger partial charge in [-0.15, -0.1) is 0 Å². The molecule has 1 atom stereocenters. The van der Waals surface area contributed by atoms with Crippen molar-refractivity contribution in [1.82, 2.24) is 15.1 Å². The quantitative estimate of drug-likeness (QED) is 0.749. The van der Waals surface area contributed by atoms with E-state index in [9.17, 15) is 4.79 Å².